The maximum absolute atomic E-state index is 10.0. The molecule has 0 aliphatic carbocycles. The molecule has 0 saturated carbocycles. The average Bonchev–Trinajstić information content (AvgIpc) is 3.45. The van der Waals surface area contributed by atoms with Crippen LogP contribution in [-0.2, 0) is 7.05 Å². The molecule has 8 nitrogen and oxygen atoms in total. The number of anilines is 3. The normalized spacial score (nSPS) is 15.9. The molecule has 0 unspecified atom stereocenters. The first-order valence-electron chi connectivity index (χ1n) is 14.4. The van der Waals surface area contributed by atoms with Crippen molar-refractivity contribution in [2.24, 2.45) is 7.05 Å². The van der Waals surface area contributed by atoms with Crippen LogP contribution in [0.1, 0.15) is 12.0 Å². The number of nitriles is 1. The molecule has 4 heterocycles. The second-order valence-electron chi connectivity index (χ2n) is 10.4. The van der Waals surface area contributed by atoms with Crippen molar-refractivity contribution in [2.45, 2.75) is 16.5 Å². The predicted octanol–water partition coefficient (Wildman–Crippen LogP) is 6.76. The fraction of sp³-hybridized carbons (Fsp3) is 0.387. The molecule has 0 spiro atoms. The molecule has 0 bridgehead atoms. The number of aryl methyl sites for hydroxylation is 1. The van der Waals surface area contributed by atoms with Gasteiger partial charge in [-0.3, -0.25) is 4.98 Å². The lowest BCUT2D eigenvalue weighted by Crippen LogP contribution is -2.34. The van der Waals surface area contributed by atoms with Crippen molar-refractivity contribution in [1.82, 2.24) is 19.4 Å². The first kappa shape index (κ1) is 30.3. The van der Waals surface area contributed by atoms with E-state index in [2.05, 4.69) is 38.3 Å². The number of hydrogen-bond donors (Lipinski definition) is 1. The van der Waals surface area contributed by atoms with Gasteiger partial charge in [-0.25, -0.2) is 4.98 Å². The van der Waals surface area contributed by atoms with Crippen LogP contribution in [0.15, 0.2) is 59.0 Å². The van der Waals surface area contributed by atoms with E-state index in [1.165, 1.54) is 23.3 Å². The van der Waals surface area contributed by atoms with Crippen LogP contribution in [0.5, 0.6) is 5.75 Å². The quantitative estimate of drug-likeness (QED) is 0.186. The maximum atomic E-state index is 10.0. The number of hydrogen-bond acceptors (Lipinski definition) is 10. The van der Waals surface area contributed by atoms with Gasteiger partial charge in [0.1, 0.15) is 11.8 Å². The summed E-state index contributed by atoms with van der Waals surface area (Å²) in [6.45, 7) is 5.94. The van der Waals surface area contributed by atoms with Crippen LogP contribution in [0.3, 0.4) is 0 Å². The molecule has 1 N–H and O–H groups in total. The molecule has 224 valence electrons. The Balaban J connectivity index is 1.29. The lowest BCUT2D eigenvalue weighted by atomic mass is 10.1. The van der Waals surface area contributed by atoms with E-state index in [9.17, 15) is 5.26 Å². The highest BCUT2D eigenvalue weighted by atomic mass is 35.5. The van der Waals surface area contributed by atoms with Gasteiger partial charge in [0, 0.05) is 97.3 Å². The highest BCUT2D eigenvalue weighted by Gasteiger charge is 2.20. The number of nitrogens with one attached hydrogen (secondary N) is 1. The zero-order valence-electron chi connectivity index (χ0n) is 24.1. The smallest absolute Gasteiger partial charge is 0.172 e. The molecular formula is C31H34ClN7OS3. The molecular weight excluding hydrogens is 618 g/mol. The Kier molecular flexibility index (Phi) is 10.1. The number of benzene rings is 2. The maximum Gasteiger partial charge on any atom is 0.172 e. The van der Waals surface area contributed by atoms with E-state index in [0.29, 0.717) is 22.9 Å². The number of ether oxygens (including phenoxy) is 1. The van der Waals surface area contributed by atoms with Gasteiger partial charge < -0.3 is 24.4 Å². The van der Waals surface area contributed by atoms with Crippen LogP contribution in [-0.4, -0.2) is 81.8 Å². The first-order chi connectivity index (χ1) is 21.1. The second kappa shape index (κ2) is 14.4. The van der Waals surface area contributed by atoms with Crippen molar-refractivity contribution in [3.05, 3.63) is 59.5 Å². The summed E-state index contributed by atoms with van der Waals surface area (Å²) in [5.74, 6) is 5.45. The van der Waals surface area contributed by atoms with Crippen molar-refractivity contribution in [3.8, 4) is 11.8 Å². The van der Waals surface area contributed by atoms with Crippen molar-refractivity contribution in [3.63, 3.8) is 0 Å². The molecule has 0 atom stereocenters. The number of thioether (sulfide) groups is 2. The Morgan fingerprint density at radius 3 is 2.58 bits per heavy atom. The molecule has 6 rings (SSSR count). The summed E-state index contributed by atoms with van der Waals surface area (Å²) in [7, 11) is 1.96. The van der Waals surface area contributed by atoms with E-state index in [4.69, 9.17) is 21.3 Å². The minimum Gasteiger partial charge on any atom is -0.491 e. The molecule has 2 saturated heterocycles. The minimum atomic E-state index is 0.464. The van der Waals surface area contributed by atoms with Crippen LogP contribution >= 0.6 is 46.9 Å². The Morgan fingerprint density at radius 2 is 1.86 bits per heavy atom. The third-order valence-corrected chi connectivity index (χ3v) is 11.0. The summed E-state index contributed by atoms with van der Waals surface area (Å²) >= 11 is 12.2. The monoisotopic (exact) mass is 651 g/mol. The number of rotatable bonds is 10. The zero-order valence-corrected chi connectivity index (χ0v) is 27.3. The lowest BCUT2D eigenvalue weighted by Gasteiger charge is -2.30. The van der Waals surface area contributed by atoms with Gasteiger partial charge in [0.15, 0.2) is 5.16 Å². The van der Waals surface area contributed by atoms with Crippen LogP contribution in [0.4, 0.5) is 17.1 Å². The van der Waals surface area contributed by atoms with Crippen molar-refractivity contribution in [1.29, 1.82) is 5.26 Å². The standard InChI is InChI=1S/C31H34ClN7OS3/c1-37-7-5-34-31(37)43-29-4-3-23(17-25(29)32)36-30-22(20-33)21-35-26-19-27(39-10-15-42-16-11-39)28(18-24(26)30)40-12-2-6-38-8-13-41-14-9-38/h3-5,7,17-19,21H,2,6,8-16H2,1H3,(H,35,36). The largest absolute Gasteiger partial charge is 0.491 e. The van der Waals surface area contributed by atoms with Crippen molar-refractivity contribution >= 4 is 74.9 Å². The van der Waals surface area contributed by atoms with Gasteiger partial charge in [0.2, 0.25) is 0 Å². The topological polar surface area (TPSA) is 82.2 Å². The van der Waals surface area contributed by atoms with Crippen LogP contribution in [0, 0.1) is 11.3 Å². The molecule has 43 heavy (non-hydrogen) atoms. The van der Waals surface area contributed by atoms with Gasteiger partial charge in [0.25, 0.3) is 0 Å². The molecule has 2 aliphatic heterocycles. The zero-order chi connectivity index (χ0) is 29.6. The number of imidazole rings is 1. The molecule has 2 fully saturated rings. The Labute approximate surface area is 270 Å². The summed E-state index contributed by atoms with van der Waals surface area (Å²) in [4.78, 5) is 14.9. The van der Waals surface area contributed by atoms with Gasteiger partial charge in [-0.2, -0.15) is 28.8 Å². The SMILES string of the molecule is Cn1ccnc1Sc1ccc(Nc2c(C#N)cnc3cc(N4CCSCC4)c(OCCCN4CCSCC4)cc23)cc1Cl. The molecule has 4 aromatic rings. The molecule has 2 aromatic carbocycles. The fourth-order valence-electron chi connectivity index (χ4n) is 5.24. The number of nitrogens with zero attached hydrogens (tertiary/aromatic N) is 6. The Bertz CT molecular complexity index is 1610. The van der Waals surface area contributed by atoms with Gasteiger partial charge in [-0.05, 0) is 36.8 Å². The molecule has 12 heteroatoms. The summed E-state index contributed by atoms with van der Waals surface area (Å²) < 4.78 is 8.47. The molecule has 2 aliphatic rings. The third-order valence-electron chi connectivity index (χ3n) is 7.58. The van der Waals surface area contributed by atoms with E-state index in [-0.39, 0.29) is 0 Å². The number of fused-ring (bicyclic) bond motifs is 1. The van der Waals surface area contributed by atoms with Crippen molar-refractivity contribution < 1.29 is 4.74 Å². The summed E-state index contributed by atoms with van der Waals surface area (Å²) in [6.07, 6.45) is 6.29. The Hall–Kier alpha value is -2.75. The van der Waals surface area contributed by atoms with Gasteiger partial charge in [-0.1, -0.05) is 23.4 Å². The summed E-state index contributed by atoms with van der Waals surface area (Å²) in [5, 5.41) is 15.8. The average molecular weight is 652 g/mol. The predicted molar refractivity (Wildman–Crippen MR) is 182 cm³/mol. The fourth-order valence-corrected chi connectivity index (χ4v) is 8.23. The van der Waals surface area contributed by atoms with Gasteiger partial charge >= 0.3 is 0 Å². The van der Waals surface area contributed by atoms with E-state index >= 15 is 0 Å². The first-order valence-corrected chi connectivity index (χ1v) is 17.9. The number of pyridine rings is 1. The molecule has 0 radical (unpaired) electrons. The van der Waals surface area contributed by atoms with Crippen molar-refractivity contribution in [2.75, 3.05) is 72.6 Å². The van der Waals surface area contributed by atoms with E-state index < -0.39 is 0 Å². The number of aromatic nitrogens is 3. The van der Waals surface area contributed by atoms with E-state index in [1.807, 2.05) is 59.5 Å². The summed E-state index contributed by atoms with van der Waals surface area (Å²) in [6, 6.07) is 12.3. The summed E-state index contributed by atoms with van der Waals surface area (Å²) in [5.41, 5.74) is 3.85. The second-order valence-corrected chi connectivity index (χ2v) is 14.3. The lowest BCUT2D eigenvalue weighted by molar-refractivity contribution is 0.249. The molecule has 0 amide bonds. The van der Waals surface area contributed by atoms with Gasteiger partial charge in [0.05, 0.1) is 34.1 Å². The van der Waals surface area contributed by atoms with Crippen LogP contribution in [0.25, 0.3) is 10.9 Å². The number of halogens is 1. The third kappa shape index (κ3) is 7.32. The Morgan fingerprint density at radius 1 is 1.07 bits per heavy atom. The van der Waals surface area contributed by atoms with E-state index in [0.717, 1.165) is 88.7 Å². The highest BCUT2D eigenvalue weighted by molar-refractivity contribution is 7.99. The van der Waals surface area contributed by atoms with Crippen LogP contribution < -0.4 is 15.0 Å². The molecule has 2 aromatic heterocycles. The van der Waals surface area contributed by atoms with Gasteiger partial charge in [-0.15, -0.1) is 0 Å². The van der Waals surface area contributed by atoms with Crippen LogP contribution in [0.2, 0.25) is 5.02 Å². The highest BCUT2D eigenvalue weighted by Crippen LogP contribution is 2.40. The van der Waals surface area contributed by atoms with E-state index in [1.54, 1.807) is 12.4 Å². The minimum absolute atomic E-state index is 0.464.